The zero-order valence-electron chi connectivity index (χ0n) is 11.0. The van der Waals surface area contributed by atoms with Crippen LogP contribution in [0.3, 0.4) is 0 Å². The molecule has 2 rings (SSSR count). The molecule has 2 N–H and O–H groups in total. The Kier molecular flexibility index (Phi) is 4.75. The quantitative estimate of drug-likeness (QED) is 0.770. The van der Waals surface area contributed by atoms with Crippen LogP contribution in [0.4, 0.5) is 11.8 Å². The van der Waals surface area contributed by atoms with Gasteiger partial charge < -0.3 is 15.3 Å². The summed E-state index contributed by atoms with van der Waals surface area (Å²) in [6, 6.07) is 2.46. The van der Waals surface area contributed by atoms with Crippen LogP contribution in [0.1, 0.15) is 32.6 Å². The summed E-state index contributed by atoms with van der Waals surface area (Å²) in [6.07, 6.45) is 6.50. The molecule has 0 amide bonds. The van der Waals surface area contributed by atoms with E-state index in [0.29, 0.717) is 18.5 Å². The molecule has 0 saturated heterocycles. The van der Waals surface area contributed by atoms with E-state index in [1.54, 1.807) is 6.20 Å². The highest BCUT2D eigenvalue weighted by molar-refractivity contribution is 5.44. The van der Waals surface area contributed by atoms with Gasteiger partial charge in [-0.1, -0.05) is 6.92 Å². The Bertz CT molecular complexity index is 368. The molecule has 0 atom stereocenters. The number of anilines is 2. The molecule has 0 unspecified atom stereocenters. The third-order valence-corrected chi connectivity index (χ3v) is 3.32. The van der Waals surface area contributed by atoms with Crippen molar-refractivity contribution in [2.45, 2.75) is 38.6 Å². The number of nitrogens with one attached hydrogen (secondary N) is 1. The van der Waals surface area contributed by atoms with Crippen molar-refractivity contribution >= 4 is 11.8 Å². The lowest BCUT2D eigenvalue weighted by Crippen LogP contribution is -2.42. The van der Waals surface area contributed by atoms with E-state index in [4.69, 9.17) is 0 Å². The molecule has 5 nitrogen and oxygen atoms in total. The van der Waals surface area contributed by atoms with Crippen molar-refractivity contribution in [1.29, 1.82) is 0 Å². The van der Waals surface area contributed by atoms with Crippen molar-refractivity contribution in [2.75, 3.05) is 29.9 Å². The smallest absolute Gasteiger partial charge is 0.224 e. The van der Waals surface area contributed by atoms with E-state index in [0.717, 1.165) is 18.8 Å². The fourth-order valence-corrected chi connectivity index (χ4v) is 2.12. The number of rotatable bonds is 7. The molecule has 1 aliphatic carbocycles. The van der Waals surface area contributed by atoms with Crippen LogP contribution in [0, 0.1) is 0 Å². The Morgan fingerprint density at radius 2 is 2.33 bits per heavy atom. The van der Waals surface area contributed by atoms with Crippen molar-refractivity contribution in [3.63, 3.8) is 0 Å². The van der Waals surface area contributed by atoms with Crippen LogP contribution in [-0.4, -0.2) is 40.8 Å². The molecular formula is C13H22N4O. The zero-order valence-corrected chi connectivity index (χ0v) is 11.0. The van der Waals surface area contributed by atoms with E-state index >= 15 is 0 Å². The number of aliphatic hydroxyl groups is 1. The fraction of sp³-hybridized carbons (Fsp3) is 0.692. The average Bonchev–Trinajstić information content (AvgIpc) is 2.34. The van der Waals surface area contributed by atoms with Gasteiger partial charge in [-0.3, -0.25) is 0 Å². The van der Waals surface area contributed by atoms with E-state index < -0.39 is 0 Å². The van der Waals surface area contributed by atoms with Gasteiger partial charge >= 0.3 is 0 Å². The van der Waals surface area contributed by atoms with Gasteiger partial charge in [0.2, 0.25) is 5.95 Å². The Labute approximate surface area is 108 Å². The average molecular weight is 250 g/mol. The lowest BCUT2D eigenvalue weighted by Gasteiger charge is -2.38. The maximum atomic E-state index is 9.18. The maximum Gasteiger partial charge on any atom is 0.224 e. The predicted molar refractivity (Wildman–Crippen MR) is 72.9 cm³/mol. The van der Waals surface area contributed by atoms with E-state index in [-0.39, 0.29) is 6.61 Å². The summed E-state index contributed by atoms with van der Waals surface area (Å²) in [5.74, 6) is 1.60. The van der Waals surface area contributed by atoms with Crippen LogP contribution in [-0.2, 0) is 0 Å². The lowest BCUT2D eigenvalue weighted by molar-refractivity contribution is 0.283. The summed E-state index contributed by atoms with van der Waals surface area (Å²) in [4.78, 5) is 10.9. The molecule has 1 aromatic heterocycles. The van der Waals surface area contributed by atoms with Crippen LogP contribution in [0.15, 0.2) is 12.3 Å². The molecule has 18 heavy (non-hydrogen) atoms. The minimum atomic E-state index is 0.165. The minimum Gasteiger partial charge on any atom is -0.395 e. The van der Waals surface area contributed by atoms with Gasteiger partial charge in [0.25, 0.3) is 0 Å². The molecule has 1 saturated carbocycles. The van der Waals surface area contributed by atoms with Crippen molar-refractivity contribution in [3.8, 4) is 0 Å². The molecule has 1 aliphatic rings. The highest BCUT2D eigenvalue weighted by atomic mass is 16.3. The molecule has 100 valence electrons. The Balaban J connectivity index is 2.08. The summed E-state index contributed by atoms with van der Waals surface area (Å²) in [5, 5.41) is 12.4. The fourth-order valence-electron chi connectivity index (χ4n) is 2.12. The molecular weight excluding hydrogens is 228 g/mol. The summed E-state index contributed by atoms with van der Waals surface area (Å²) >= 11 is 0. The first kappa shape index (κ1) is 13.1. The van der Waals surface area contributed by atoms with Crippen molar-refractivity contribution in [2.24, 2.45) is 0 Å². The highest BCUT2D eigenvalue weighted by Gasteiger charge is 2.25. The summed E-state index contributed by atoms with van der Waals surface area (Å²) in [5.41, 5.74) is 0. The van der Waals surface area contributed by atoms with Crippen LogP contribution >= 0.6 is 0 Å². The van der Waals surface area contributed by atoms with Crippen LogP contribution in [0.25, 0.3) is 0 Å². The molecule has 1 aromatic rings. The number of hydrogen-bond acceptors (Lipinski definition) is 5. The van der Waals surface area contributed by atoms with Gasteiger partial charge in [-0.25, -0.2) is 4.98 Å². The second kappa shape index (κ2) is 6.54. The second-order valence-electron chi connectivity index (χ2n) is 4.67. The SMILES string of the molecule is CCCNc1nccc(N(CCO)C2CCC2)n1. The molecule has 0 radical (unpaired) electrons. The summed E-state index contributed by atoms with van der Waals surface area (Å²) in [7, 11) is 0. The molecule has 0 aromatic carbocycles. The zero-order chi connectivity index (χ0) is 12.8. The molecule has 1 fully saturated rings. The second-order valence-corrected chi connectivity index (χ2v) is 4.67. The minimum absolute atomic E-state index is 0.165. The first-order valence-electron chi connectivity index (χ1n) is 6.79. The first-order chi connectivity index (χ1) is 8.85. The largest absolute Gasteiger partial charge is 0.395 e. The number of hydrogen-bond donors (Lipinski definition) is 2. The first-order valence-corrected chi connectivity index (χ1v) is 6.79. The highest BCUT2D eigenvalue weighted by Crippen LogP contribution is 2.28. The van der Waals surface area contributed by atoms with Crippen molar-refractivity contribution in [3.05, 3.63) is 12.3 Å². The topological polar surface area (TPSA) is 61.3 Å². The Morgan fingerprint density at radius 1 is 1.50 bits per heavy atom. The van der Waals surface area contributed by atoms with Gasteiger partial charge in [0.05, 0.1) is 6.61 Å². The molecule has 5 heteroatoms. The van der Waals surface area contributed by atoms with Gasteiger partial charge in [-0.2, -0.15) is 4.98 Å². The predicted octanol–water partition coefficient (Wildman–Crippen LogP) is 1.65. The Morgan fingerprint density at radius 3 is 2.94 bits per heavy atom. The molecule has 0 bridgehead atoms. The lowest BCUT2D eigenvalue weighted by atomic mass is 9.91. The van der Waals surface area contributed by atoms with Crippen LogP contribution < -0.4 is 10.2 Å². The molecule has 1 heterocycles. The van der Waals surface area contributed by atoms with E-state index in [2.05, 4.69) is 27.1 Å². The van der Waals surface area contributed by atoms with Gasteiger partial charge in [0.15, 0.2) is 0 Å². The van der Waals surface area contributed by atoms with E-state index in [9.17, 15) is 5.11 Å². The van der Waals surface area contributed by atoms with E-state index in [1.165, 1.54) is 19.3 Å². The third kappa shape index (κ3) is 3.10. The van der Waals surface area contributed by atoms with Crippen molar-refractivity contribution < 1.29 is 5.11 Å². The van der Waals surface area contributed by atoms with E-state index in [1.807, 2.05) is 6.07 Å². The summed E-state index contributed by atoms with van der Waals surface area (Å²) in [6.45, 7) is 3.81. The van der Waals surface area contributed by atoms with Gasteiger partial charge in [0.1, 0.15) is 5.82 Å². The van der Waals surface area contributed by atoms with Crippen LogP contribution in [0.2, 0.25) is 0 Å². The monoisotopic (exact) mass is 250 g/mol. The normalized spacial score (nSPS) is 15.2. The number of nitrogens with zero attached hydrogens (tertiary/aromatic N) is 3. The molecule has 0 spiro atoms. The van der Waals surface area contributed by atoms with Gasteiger partial charge in [0, 0.05) is 25.3 Å². The standard InChI is InChI=1S/C13H22N4O/c1-2-7-14-13-15-8-6-12(16-13)17(9-10-18)11-4-3-5-11/h6,8,11,18H,2-5,7,9-10H2,1H3,(H,14,15,16). The third-order valence-electron chi connectivity index (χ3n) is 3.32. The molecule has 0 aliphatic heterocycles. The maximum absolute atomic E-state index is 9.18. The number of aromatic nitrogens is 2. The number of aliphatic hydroxyl groups excluding tert-OH is 1. The van der Waals surface area contributed by atoms with Gasteiger partial charge in [-0.05, 0) is 31.7 Å². The summed E-state index contributed by atoms with van der Waals surface area (Å²) < 4.78 is 0. The van der Waals surface area contributed by atoms with Gasteiger partial charge in [-0.15, -0.1) is 0 Å². The van der Waals surface area contributed by atoms with Crippen LogP contribution in [0.5, 0.6) is 0 Å². The van der Waals surface area contributed by atoms with Crippen molar-refractivity contribution in [1.82, 2.24) is 9.97 Å². The Hall–Kier alpha value is -1.36.